The van der Waals surface area contributed by atoms with Crippen molar-refractivity contribution in [3.05, 3.63) is 65.7 Å². The van der Waals surface area contributed by atoms with Crippen molar-refractivity contribution in [1.29, 1.82) is 0 Å². The third-order valence-electron chi connectivity index (χ3n) is 4.20. The Kier molecular flexibility index (Phi) is 3.62. The molecular formula is C17H17N5O2. The first-order chi connectivity index (χ1) is 11.8. The van der Waals surface area contributed by atoms with Gasteiger partial charge in [-0.15, -0.1) is 0 Å². The van der Waals surface area contributed by atoms with E-state index in [4.69, 9.17) is 5.11 Å². The highest BCUT2D eigenvalue weighted by atomic mass is 16.3. The summed E-state index contributed by atoms with van der Waals surface area (Å²) >= 11 is 0. The van der Waals surface area contributed by atoms with Crippen molar-refractivity contribution < 1.29 is 9.90 Å². The fourth-order valence-electron chi connectivity index (χ4n) is 3.02. The quantitative estimate of drug-likeness (QED) is 0.783. The first-order valence-corrected chi connectivity index (χ1v) is 7.80. The van der Waals surface area contributed by atoms with Gasteiger partial charge in [0, 0.05) is 30.1 Å². The van der Waals surface area contributed by atoms with Crippen LogP contribution in [-0.4, -0.2) is 42.1 Å². The Morgan fingerprint density at radius 1 is 1.21 bits per heavy atom. The molecule has 1 aliphatic heterocycles. The molecule has 7 heteroatoms. The van der Waals surface area contributed by atoms with Gasteiger partial charge in [0.15, 0.2) is 0 Å². The molecule has 0 radical (unpaired) electrons. The van der Waals surface area contributed by atoms with Crippen molar-refractivity contribution in [1.82, 2.24) is 24.5 Å². The number of carbonyl (C=O) groups excluding carboxylic acids is 1. The van der Waals surface area contributed by atoms with E-state index < -0.39 is 0 Å². The summed E-state index contributed by atoms with van der Waals surface area (Å²) in [6.07, 6.45) is 5.33. The van der Waals surface area contributed by atoms with E-state index in [0.717, 1.165) is 16.9 Å². The van der Waals surface area contributed by atoms with Crippen LogP contribution in [0.5, 0.6) is 0 Å². The lowest BCUT2D eigenvalue weighted by atomic mass is 10.2. The molecule has 1 aliphatic rings. The van der Waals surface area contributed by atoms with Gasteiger partial charge in [-0.05, 0) is 24.3 Å². The van der Waals surface area contributed by atoms with Crippen molar-refractivity contribution in [2.45, 2.75) is 19.6 Å². The highest BCUT2D eigenvalue weighted by Gasteiger charge is 2.27. The van der Waals surface area contributed by atoms with Gasteiger partial charge in [-0.2, -0.15) is 10.2 Å². The Bertz CT molecular complexity index is 869. The van der Waals surface area contributed by atoms with Crippen LogP contribution in [0.2, 0.25) is 0 Å². The van der Waals surface area contributed by atoms with Gasteiger partial charge in [0.25, 0.3) is 5.91 Å². The van der Waals surface area contributed by atoms with E-state index in [1.807, 2.05) is 36.5 Å². The summed E-state index contributed by atoms with van der Waals surface area (Å²) in [6.45, 7) is 1.55. The van der Waals surface area contributed by atoms with Gasteiger partial charge < -0.3 is 10.0 Å². The van der Waals surface area contributed by atoms with E-state index in [1.54, 1.807) is 26.7 Å². The number of aromatic nitrogens is 4. The zero-order chi connectivity index (χ0) is 16.5. The van der Waals surface area contributed by atoms with Crippen LogP contribution >= 0.6 is 0 Å². The highest BCUT2D eigenvalue weighted by Crippen LogP contribution is 2.24. The Labute approximate surface area is 138 Å². The van der Waals surface area contributed by atoms with Crippen LogP contribution in [0, 0.1) is 0 Å². The summed E-state index contributed by atoms with van der Waals surface area (Å²) in [5.74, 6) is -0.0178. The monoisotopic (exact) mass is 323 g/mol. The van der Waals surface area contributed by atoms with Gasteiger partial charge in [-0.25, -0.2) is 4.68 Å². The number of rotatable bonds is 4. The molecule has 0 fully saturated rings. The Morgan fingerprint density at radius 3 is 2.92 bits per heavy atom. The van der Waals surface area contributed by atoms with Crippen LogP contribution in [0.1, 0.15) is 21.6 Å². The fraction of sp³-hybridized carbons (Fsp3) is 0.235. The van der Waals surface area contributed by atoms with Crippen LogP contribution in [-0.2, 0) is 19.6 Å². The van der Waals surface area contributed by atoms with E-state index in [2.05, 4.69) is 10.2 Å². The standard InChI is InChI=1S/C17H17N5O2/c23-8-7-22-16-12-20(11-14(16)10-19-22)17(24)13-3-1-4-15(9-13)21-6-2-5-18-21/h1-6,9-10,23H,7-8,11-12H2. The van der Waals surface area contributed by atoms with E-state index in [1.165, 1.54) is 0 Å². The molecule has 4 rings (SSSR count). The molecule has 24 heavy (non-hydrogen) atoms. The van der Waals surface area contributed by atoms with E-state index in [0.29, 0.717) is 25.2 Å². The normalized spacial score (nSPS) is 13.3. The first kappa shape index (κ1) is 14.6. The Balaban J connectivity index is 1.56. The Hall–Kier alpha value is -2.93. The number of aliphatic hydroxyl groups excluding tert-OH is 1. The van der Waals surface area contributed by atoms with Gasteiger partial charge in [0.05, 0.1) is 37.3 Å². The van der Waals surface area contributed by atoms with Gasteiger partial charge in [-0.3, -0.25) is 9.48 Å². The maximum absolute atomic E-state index is 12.8. The smallest absolute Gasteiger partial charge is 0.254 e. The molecule has 3 heterocycles. The molecular weight excluding hydrogens is 306 g/mol. The second-order valence-electron chi connectivity index (χ2n) is 5.73. The number of nitrogens with zero attached hydrogens (tertiary/aromatic N) is 5. The topological polar surface area (TPSA) is 76.2 Å². The average molecular weight is 323 g/mol. The summed E-state index contributed by atoms with van der Waals surface area (Å²) in [5.41, 5.74) is 3.53. The molecule has 1 aromatic carbocycles. The average Bonchev–Trinajstić information content (AvgIpc) is 3.33. The molecule has 0 aliphatic carbocycles. The summed E-state index contributed by atoms with van der Waals surface area (Å²) in [5, 5.41) is 17.5. The number of benzene rings is 1. The number of amides is 1. The van der Waals surface area contributed by atoms with Crippen molar-refractivity contribution in [3.63, 3.8) is 0 Å². The van der Waals surface area contributed by atoms with E-state index in [9.17, 15) is 4.79 Å². The molecule has 0 saturated carbocycles. The van der Waals surface area contributed by atoms with Gasteiger partial charge in [0.1, 0.15) is 0 Å². The molecule has 0 atom stereocenters. The predicted molar refractivity (Wildman–Crippen MR) is 86.5 cm³/mol. The first-order valence-electron chi connectivity index (χ1n) is 7.80. The molecule has 0 saturated heterocycles. The summed E-state index contributed by atoms with van der Waals surface area (Å²) in [4.78, 5) is 14.6. The van der Waals surface area contributed by atoms with Crippen molar-refractivity contribution in [2.24, 2.45) is 0 Å². The van der Waals surface area contributed by atoms with Crippen LogP contribution in [0.3, 0.4) is 0 Å². The van der Waals surface area contributed by atoms with Gasteiger partial charge >= 0.3 is 0 Å². The molecule has 7 nitrogen and oxygen atoms in total. The predicted octanol–water partition coefficient (Wildman–Crippen LogP) is 1.22. The molecule has 0 spiro atoms. The number of aliphatic hydroxyl groups is 1. The second kappa shape index (κ2) is 5.93. The lowest BCUT2D eigenvalue weighted by Crippen LogP contribution is -2.26. The van der Waals surface area contributed by atoms with E-state index >= 15 is 0 Å². The van der Waals surface area contributed by atoms with Crippen molar-refractivity contribution >= 4 is 5.91 Å². The molecule has 1 N–H and O–H groups in total. The van der Waals surface area contributed by atoms with Crippen LogP contribution < -0.4 is 0 Å². The minimum Gasteiger partial charge on any atom is -0.394 e. The number of hydrogen-bond acceptors (Lipinski definition) is 4. The fourth-order valence-corrected chi connectivity index (χ4v) is 3.02. The zero-order valence-electron chi connectivity index (χ0n) is 13.0. The zero-order valence-corrected chi connectivity index (χ0v) is 13.0. The minimum atomic E-state index is -0.0178. The second-order valence-corrected chi connectivity index (χ2v) is 5.73. The Morgan fingerprint density at radius 2 is 2.12 bits per heavy atom. The van der Waals surface area contributed by atoms with Crippen molar-refractivity contribution in [3.8, 4) is 5.69 Å². The third-order valence-corrected chi connectivity index (χ3v) is 4.20. The summed E-state index contributed by atoms with van der Waals surface area (Å²) < 4.78 is 3.50. The lowest BCUT2D eigenvalue weighted by Gasteiger charge is -2.16. The number of carbonyl (C=O) groups is 1. The SMILES string of the molecule is O=C(c1cccc(-n2cccn2)c1)N1Cc2cnn(CCO)c2C1. The van der Waals surface area contributed by atoms with Crippen molar-refractivity contribution in [2.75, 3.05) is 6.61 Å². The summed E-state index contributed by atoms with van der Waals surface area (Å²) in [6, 6.07) is 9.29. The van der Waals surface area contributed by atoms with Crippen LogP contribution in [0.15, 0.2) is 48.9 Å². The highest BCUT2D eigenvalue weighted by molar-refractivity contribution is 5.95. The molecule has 2 aromatic heterocycles. The van der Waals surface area contributed by atoms with Crippen LogP contribution in [0.25, 0.3) is 5.69 Å². The number of hydrogen-bond donors (Lipinski definition) is 1. The molecule has 122 valence electrons. The molecule has 0 unspecified atom stereocenters. The number of fused-ring (bicyclic) bond motifs is 1. The molecule has 1 amide bonds. The van der Waals surface area contributed by atoms with E-state index in [-0.39, 0.29) is 12.5 Å². The maximum atomic E-state index is 12.8. The third kappa shape index (κ3) is 2.48. The maximum Gasteiger partial charge on any atom is 0.254 e. The van der Waals surface area contributed by atoms with Gasteiger partial charge in [0.2, 0.25) is 0 Å². The minimum absolute atomic E-state index is 0.0178. The van der Waals surface area contributed by atoms with Crippen LogP contribution in [0.4, 0.5) is 0 Å². The summed E-state index contributed by atoms with van der Waals surface area (Å²) in [7, 11) is 0. The largest absolute Gasteiger partial charge is 0.394 e. The molecule has 0 bridgehead atoms. The van der Waals surface area contributed by atoms with Gasteiger partial charge in [-0.1, -0.05) is 6.07 Å². The lowest BCUT2D eigenvalue weighted by molar-refractivity contribution is 0.0747. The molecule has 3 aromatic rings.